The van der Waals surface area contributed by atoms with Crippen LogP contribution in [0.1, 0.15) is 12.0 Å². The number of hydrogen-bond donors (Lipinski definition) is 1. The SMILES string of the molecule is O=C(O)CCc1cn(S(=O)(=O)c2c(-c3ccccc3)ccc(Cl)c2F)c2ccc(F)cc12. The van der Waals surface area contributed by atoms with E-state index in [0.717, 1.165) is 16.1 Å². The zero-order valence-electron chi connectivity index (χ0n) is 16.4. The molecule has 1 heterocycles. The Labute approximate surface area is 187 Å². The van der Waals surface area contributed by atoms with E-state index < -0.39 is 32.5 Å². The van der Waals surface area contributed by atoms with E-state index in [2.05, 4.69) is 0 Å². The fourth-order valence-electron chi connectivity index (χ4n) is 3.61. The third-order valence-electron chi connectivity index (χ3n) is 5.07. The van der Waals surface area contributed by atoms with Crippen LogP contribution in [0.5, 0.6) is 0 Å². The number of fused-ring (bicyclic) bond motifs is 1. The van der Waals surface area contributed by atoms with Gasteiger partial charge in [-0.15, -0.1) is 0 Å². The Balaban J connectivity index is 2.00. The summed E-state index contributed by atoms with van der Waals surface area (Å²) in [4.78, 5) is 10.4. The van der Waals surface area contributed by atoms with Gasteiger partial charge in [-0.1, -0.05) is 48.0 Å². The van der Waals surface area contributed by atoms with E-state index in [1.54, 1.807) is 30.3 Å². The summed E-state index contributed by atoms with van der Waals surface area (Å²) >= 11 is 5.93. The minimum absolute atomic E-state index is 0.0264. The molecular formula is C23H16ClF2NO4S. The van der Waals surface area contributed by atoms with E-state index in [1.165, 1.54) is 24.4 Å². The zero-order valence-corrected chi connectivity index (χ0v) is 18.0. The van der Waals surface area contributed by atoms with E-state index >= 15 is 4.39 Å². The molecule has 0 atom stereocenters. The van der Waals surface area contributed by atoms with Gasteiger partial charge in [0.05, 0.1) is 10.5 Å². The smallest absolute Gasteiger partial charge is 0.303 e. The Bertz CT molecular complexity index is 1450. The number of aromatic nitrogens is 1. The maximum Gasteiger partial charge on any atom is 0.303 e. The van der Waals surface area contributed by atoms with Crippen LogP contribution in [-0.2, 0) is 21.2 Å². The highest BCUT2D eigenvalue weighted by Crippen LogP contribution is 2.36. The molecule has 4 aromatic rings. The topological polar surface area (TPSA) is 76.4 Å². The maximum absolute atomic E-state index is 15.2. The quantitative estimate of drug-likeness (QED) is 0.400. The Hall–Kier alpha value is -3.23. The van der Waals surface area contributed by atoms with Crippen LogP contribution in [0.15, 0.2) is 71.8 Å². The molecule has 0 aliphatic carbocycles. The number of benzene rings is 3. The first-order valence-electron chi connectivity index (χ1n) is 9.50. The van der Waals surface area contributed by atoms with Crippen molar-refractivity contribution in [2.45, 2.75) is 17.7 Å². The molecule has 1 N–H and O–H groups in total. The van der Waals surface area contributed by atoms with Crippen LogP contribution in [0.4, 0.5) is 8.78 Å². The van der Waals surface area contributed by atoms with Gasteiger partial charge < -0.3 is 5.11 Å². The lowest BCUT2D eigenvalue weighted by Crippen LogP contribution is -2.15. The van der Waals surface area contributed by atoms with Crippen LogP contribution in [-0.4, -0.2) is 23.5 Å². The summed E-state index contributed by atoms with van der Waals surface area (Å²) in [7, 11) is -4.54. The Kier molecular flexibility index (Phi) is 5.75. The number of aliphatic carboxylic acids is 1. The van der Waals surface area contributed by atoms with E-state index in [4.69, 9.17) is 16.7 Å². The highest BCUT2D eigenvalue weighted by Gasteiger charge is 2.29. The van der Waals surface area contributed by atoms with Crippen LogP contribution >= 0.6 is 11.6 Å². The first-order valence-corrected chi connectivity index (χ1v) is 11.3. The van der Waals surface area contributed by atoms with Crippen LogP contribution in [0.2, 0.25) is 5.02 Å². The summed E-state index contributed by atoms with van der Waals surface area (Å²) in [5.74, 6) is -2.80. The number of carboxylic acid groups (broad SMARTS) is 1. The van der Waals surface area contributed by atoms with E-state index in [0.29, 0.717) is 11.1 Å². The first-order chi connectivity index (χ1) is 15.2. The van der Waals surface area contributed by atoms with Crippen LogP contribution in [0, 0.1) is 11.6 Å². The van der Waals surface area contributed by atoms with Gasteiger partial charge in [-0.2, -0.15) is 0 Å². The minimum atomic E-state index is -4.54. The van der Waals surface area contributed by atoms with Gasteiger partial charge in [0.15, 0.2) is 5.82 Å². The third-order valence-corrected chi connectivity index (χ3v) is 7.10. The van der Waals surface area contributed by atoms with E-state index in [-0.39, 0.29) is 34.3 Å². The molecule has 0 saturated carbocycles. The molecule has 9 heteroatoms. The number of rotatable bonds is 6. The summed E-state index contributed by atoms with van der Waals surface area (Å²) in [5, 5.41) is 8.88. The molecule has 32 heavy (non-hydrogen) atoms. The Morgan fingerprint density at radius 1 is 1.03 bits per heavy atom. The predicted octanol–water partition coefficient (Wildman–Crippen LogP) is 5.49. The number of carboxylic acids is 1. The molecular weight excluding hydrogens is 460 g/mol. The molecule has 0 spiro atoms. The molecule has 0 bridgehead atoms. The van der Waals surface area contributed by atoms with E-state index in [9.17, 15) is 17.6 Å². The standard InChI is InChI=1S/C23H16ClF2NO4S/c24-19-9-8-17(14-4-2-1-3-5-14)23(22(19)26)32(30,31)27-13-15(6-11-21(28)29)18-12-16(25)7-10-20(18)27/h1-5,7-10,12-13H,6,11H2,(H,28,29). The van der Waals surface area contributed by atoms with Gasteiger partial charge in [-0.3, -0.25) is 4.79 Å². The number of carbonyl (C=O) groups is 1. The second kappa shape index (κ2) is 8.37. The summed E-state index contributed by atoms with van der Waals surface area (Å²) in [6.45, 7) is 0. The molecule has 0 saturated heterocycles. The Morgan fingerprint density at radius 2 is 1.75 bits per heavy atom. The molecule has 5 nitrogen and oxygen atoms in total. The molecule has 0 radical (unpaired) electrons. The maximum atomic E-state index is 15.2. The fourth-order valence-corrected chi connectivity index (χ4v) is 5.50. The third kappa shape index (κ3) is 3.87. The largest absolute Gasteiger partial charge is 0.481 e. The number of aryl methyl sites for hydroxylation is 1. The van der Waals surface area contributed by atoms with Crippen molar-refractivity contribution in [3.8, 4) is 11.1 Å². The highest BCUT2D eigenvalue weighted by atomic mass is 35.5. The van der Waals surface area contributed by atoms with Crippen molar-refractivity contribution in [3.05, 3.63) is 89.1 Å². The van der Waals surface area contributed by atoms with Crippen molar-refractivity contribution in [2.24, 2.45) is 0 Å². The van der Waals surface area contributed by atoms with Crippen molar-refractivity contribution in [1.82, 2.24) is 3.97 Å². The van der Waals surface area contributed by atoms with E-state index in [1.807, 2.05) is 0 Å². The lowest BCUT2D eigenvalue weighted by atomic mass is 10.1. The lowest BCUT2D eigenvalue weighted by Gasteiger charge is -2.14. The molecule has 3 aromatic carbocycles. The molecule has 1 aromatic heterocycles. The highest BCUT2D eigenvalue weighted by molar-refractivity contribution is 7.90. The Morgan fingerprint density at radius 3 is 2.44 bits per heavy atom. The second-order valence-electron chi connectivity index (χ2n) is 7.11. The van der Waals surface area contributed by atoms with Gasteiger partial charge in [-0.25, -0.2) is 21.2 Å². The van der Waals surface area contributed by atoms with Gasteiger partial charge in [0.1, 0.15) is 10.7 Å². The van der Waals surface area contributed by atoms with Crippen LogP contribution < -0.4 is 0 Å². The van der Waals surface area contributed by atoms with Crippen molar-refractivity contribution in [3.63, 3.8) is 0 Å². The summed E-state index contributed by atoms with van der Waals surface area (Å²) in [5.41, 5.74) is 0.998. The van der Waals surface area contributed by atoms with Gasteiger partial charge in [0.25, 0.3) is 10.0 Å². The minimum Gasteiger partial charge on any atom is -0.481 e. The van der Waals surface area contributed by atoms with Crippen molar-refractivity contribution in [1.29, 1.82) is 0 Å². The van der Waals surface area contributed by atoms with Crippen molar-refractivity contribution >= 4 is 38.5 Å². The van der Waals surface area contributed by atoms with Crippen molar-refractivity contribution < 1.29 is 27.1 Å². The van der Waals surface area contributed by atoms with Gasteiger partial charge in [0.2, 0.25) is 0 Å². The molecule has 164 valence electrons. The lowest BCUT2D eigenvalue weighted by molar-refractivity contribution is -0.136. The predicted molar refractivity (Wildman–Crippen MR) is 117 cm³/mol. The van der Waals surface area contributed by atoms with Crippen LogP contribution in [0.3, 0.4) is 0 Å². The number of halogens is 3. The summed E-state index contributed by atoms with van der Waals surface area (Å²) in [6.07, 6.45) is 0.898. The normalized spacial score (nSPS) is 11.7. The van der Waals surface area contributed by atoms with Crippen LogP contribution in [0.25, 0.3) is 22.0 Å². The number of hydrogen-bond acceptors (Lipinski definition) is 3. The van der Waals surface area contributed by atoms with Gasteiger partial charge in [-0.05, 0) is 41.8 Å². The van der Waals surface area contributed by atoms with Gasteiger partial charge >= 0.3 is 5.97 Å². The number of nitrogens with zero attached hydrogens (tertiary/aromatic N) is 1. The molecule has 4 rings (SSSR count). The second-order valence-corrected chi connectivity index (χ2v) is 9.27. The zero-order chi connectivity index (χ0) is 23.0. The van der Waals surface area contributed by atoms with Crippen molar-refractivity contribution in [2.75, 3.05) is 0 Å². The molecule has 0 aliphatic rings. The average Bonchev–Trinajstić information content (AvgIpc) is 3.13. The molecule has 0 amide bonds. The molecule has 0 aliphatic heterocycles. The first kappa shape index (κ1) is 22.0. The summed E-state index contributed by atoms with van der Waals surface area (Å²) < 4.78 is 57.3. The summed E-state index contributed by atoms with van der Waals surface area (Å²) in [6, 6.07) is 14.6. The fraction of sp³-hybridized carbons (Fsp3) is 0.0870. The monoisotopic (exact) mass is 475 g/mol. The molecule has 0 fully saturated rings. The van der Waals surface area contributed by atoms with Gasteiger partial charge in [0, 0.05) is 23.6 Å². The average molecular weight is 476 g/mol. The molecule has 0 unspecified atom stereocenters.